The molecule has 0 bridgehead atoms. The van der Waals surface area contributed by atoms with Gasteiger partial charge in [0.15, 0.2) is 0 Å². The van der Waals surface area contributed by atoms with Gasteiger partial charge in [-0.1, -0.05) is 6.07 Å². The number of nitrogens with zero attached hydrogens (tertiary/aromatic N) is 2. The first kappa shape index (κ1) is 15.0. The van der Waals surface area contributed by atoms with Gasteiger partial charge in [-0.05, 0) is 37.0 Å². The largest absolute Gasteiger partial charge is 0.272 e. The summed E-state index contributed by atoms with van der Waals surface area (Å²) in [5.41, 5.74) is -0.744. The minimum atomic E-state index is -3.75. The van der Waals surface area contributed by atoms with Crippen LogP contribution in [0.4, 0.5) is 4.39 Å². The molecule has 1 aliphatic carbocycles. The maximum Gasteiger partial charge on any atom is 0.249 e. The second kappa shape index (κ2) is 4.99. The molecule has 1 aromatic carbocycles. The van der Waals surface area contributed by atoms with Gasteiger partial charge in [-0.15, -0.1) is 0 Å². The zero-order valence-corrected chi connectivity index (χ0v) is 13.3. The first-order chi connectivity index (χ1) is 10.9. The van der Waals surface area contributed by atoms with Crippen LogP contribution in [0.3, 0.4) is 0 Å². The minimum Gasteiger partial charge on any atom is -0.272 e. The number of sulfonamides is 1. The highest BCUT2D eigenvalue weighted by molar-refractivity contribution is 7.89. The second-order valence-electron chi connectivity index (χ2n) is 6.58. The first-order valence-electron chi connectivity index (χ1n) is 7.63. The third-order valence-corrected chi connectivity index (χ3v) is 6.33. The molecule has 4 rings (SSSR count). The van der Waals surface area contributed by atoms with Crippen LogP contribution in [0, 0.1) is 11.7 Å². The van der Waals surface area contributed by atoms with Crippen molar-refractivity contribution in [1.82, 2.24) is 9.37 Å². The number of carbonyl (C=O) groups is 1. The Balaban J connectivity index is 1.45. The van der Waals surface area contributed by atoms with Gasteiger partial charge in [0.05, 0.1) is 17.9 Å². The fraction of sp³-hybridized carbons (Fsp3) is 0.533. The van der Waals surface area contributed by atoms with E-state index in [9.17, 15) is 17.6 Å². The molecule has 23 heavy (non-hydrogen) atoms. The normalized spacial score (nSPS) is 24.2. The van der Waals surface area contributed by atoms with E-state index in [0.717, 1.165) is 18.9 Å². The smallest absolute Gasteiger partial charge is 0.249 e. The van der Waals surface area contributed by atoms with E-state index in [1.54, 1.807) is 0 Å². The van der Waals surface area contributed by atoms with E-state index in [2.05, 4.69) is 0 Å². The molecule has 1 saturated carbocycles. The third kappa shape index (κ3) is 2.64. The summed E-state index contributed by atoms with van der Waals surface area (Å²) < 4.78 is 39.4. The van der Waals surface area contributed by atoms with E-state index < -0.39 is 21.4 Å². The molecule has 2 saturated heterocycles. The van der Waals surface area contributed by atoms with Crippen LogP contribution in [0.1, 0.15) is 19.3 Å². The van der Waals surface area contributed by atoms with Crippen LogP contribution in [0.5, 0.6) is 0 Å². The first-order valence-corrected chi connectivity index (χ1v) is 9.07. The number of carbonyl (C=O) groups excluding carboxylic acids is 1. The highest BCUT2D eigenvalue weighted by Gasteiger charge is 2.57. The SMILES string of the molecule is O=C1CC2(CN(S(=O)(=O)c3cccc(F)c3)C2)ON1CC1CC1. The Bertz CT molecular complexity index is 756. The maximum atomic E-state index is 13.2. The van der Waals surface area contributed by atoms with Crippen molar-refractivity contribution >= 4 is 15.9 Å². The second-order valence-corrected chi connectivity index (χ2v) is 8.52. The molecule has 3 fully saturated rings. The van der Waals surface area contributed by atoms with Gasteiger partial charge in [0.2, 0.25) is 15.9 Å². The minimum absolute atomic E-state index is 0.0773. The van der Waals surface area contributed by atoms with E-state index in [1.165, 1.54) is 27.6 Å². The molecule has 2 aliphatic heterocycles. The van der Waals surface area contributed by atoms with Crippen molar-refractivity contribution in [3.8, 4) is 0 Å². The van der Waals surface area contributed by atoms with Crippen LogP contribution >= 0.6 is 0 Å². The lowest BCUT2D eigenvalue weighted by Gasteiger charge is -2.44. The summed E-state index contributed by atoms with van der Waals surface area (Å²) in [4.78, 5) is 17.7. The van der Waals surface area contributed by atoms with Gasteiger partial charge < -0.3 is 0 Å². The van der Waals surface area contributed by atoms with Crippen molar-refractivity contribution in [2.24, 2.45) is 5.92 Å². The molecular weight excluding hydrogens is 323 g/mol. The fourth-order valence-corrected chi connectivity index (χ4v) is 4.69. The monoisotopic (exact) mass is 340 g/mol. The van der Waals surface area contributed by atoms with E-state index in [-0.39, 0.29) is 30.3 Å². The molecule has 1 spiro atoms. The lowest BCUT2D eigenvalue weighted by Crippen LogP contribution is -2.63. The summed E-state index contributed by atoms with van der Waals surface area (Å²) in [7, 11) is -3.75. The van der Waals surface area contributed by atoms with E-state index in [0.29, 0.717) is 12.5 Å². The van der Waals surface area contributed by atoms with Crippen molar-refractivity contribution in [3.05, 3.63) is 30.1 Å². The summed E-state index contributed by atoms with van der Waals surface area (Å²) in [6, 6.07) is 4.93. The average molecular weight is 340 g/mol. The zero-order valence-electron chi connectivity index (χ0n) is 12.4. The Morgan fingerprint density at radius 2 is 2.04 bits per heavy atom. The molecule has 0 unspecified atom stereocenters. The summed E-state index contributed by atoms with van der Waals surface area (Å²) in [6.45, 7) is 0.842. The van der Waals surface area contributed by atoms with E-state index in [1.807, 2.05) is 0 Å². The highest BCUT2D eigenvalue weighted by Crippen LogP contribution is 2.40. The molecule has 2 heterocycles. The third-order valence-electron chi connectivity index (χ3n) is 4.54. The summed E-state index contributed by atoms with van der Waals surface area (Å²) in [5.74, 6) is -0.162. The molecular formula is C15H17FN2O4S. The van der Waals surface area contributed by atoms with Gasteiger partial charge >= 0.3 is 0 Å². The van der Waals surface area contributed by atoms with Crippen LogP contribution in [-0.2, 0) is 19.7 Å². The van der Waals surface area contributed by atoms with Gasteiger partial charge in [0, 0.05) is 13.1 Å². The number of hydroxylamine groups is 2. The van der Waals surface area contributed by atoms with Gasteiger partial charge in [-0.2, -0.15) is 4.31 Å². The highest BCUT2D eigenvalue weighted by atomic mass is 32.2. The predicted octanol–water partition coefficient (Wildman–Crippen LogP) is 1.14. The summed E-state index contributed by atoms with van der Waals surface area (Å²) >= 11 is 0. The Morgan fingerprint density at radius 3 is 2.70 bits per heavy atom. The van der Waals surface area contributed by atoms with E-state index >= 15 is 0 Å². The Kier molecular flexibility index (Phi) is 3.26. The average Bonchev–Trinajstić information content (AvgIpc) is 3.20. The molecule has 0 atom stereocenters. The van der Waals surface area contributed by atoms with Gasteiger partial charge in [-0.3, -0.25) is 9.63 Å². The van der Waals surface area contributed by atoms with Crippen molar-refractivity contribution in [3.63, 3.8) is 0 Å². The molecule has 1 aromatic rings. The van der Waals surface area contributed by atoms with Crippen LogP contribution in [0.2, 0.25) is 0 Å². The van der Waals surface area contributed by atoms with Gasteiger partial charge in [-0.25, -0.2) is 17.9 Å². The zero-order chi connectivity index (χ0) is 16.2. The molecule has 3 aliphatic rings. The molecule has 124 valence electrons. The Morgan fingerprint density at radius 1 is 1.30 bits per heavy atom. The van der Waals surface area contributed by atoms with Crippen LogP contribution in [-0.4, -0.2) is 48.9 Å². The van der Waals surface area contributed by atoms with E-state index in [4.69, 9.17) is 4.84 Å². The van der Waals surface area contributed by atoms with Crippen LogP contribution in [0.25, 0.3) is 0 Å². The van der Waals surface area contributed by atoms with Gasteiger partial charge in [0.25, 0.3) is 0 Å². The number of hydrogen-bond acceptors (Lipinski definition) is 4. The quantitative estimate of drug-likeness (QED) is 0.824. The van der Waals surface area contributed by atoms with Crippen LogP contribution in [0.15, 0.2) is 29.2 Å². The molecule has 0 radical (unpaired) electrons. The van der Waals surface area contributed by atoms with Crippen LogP contribution < -0.4 is 0 Å². The van der Waals surface area contributed by atoms with Gasteiger partial charge in [0.1, 0.15) is 11.4 Å². The number of halogens is 1. The predicted molar refractivity (Wildman–Crippen MR) is 78.0 cm³/mol. The lowest BCUT2D eigenvalue weighted by atomic mass is 9.94. The standard InChI is InChI=1S/C15H17FN2O4S/c16-12-2-1-3-13(6-12)23(20,21)17-9-15(10-17)7-14(19)18(22-15)8-11-4-5-11/h1-3,6,11H,4-5,7-10H2. The molecule has 6 nitrogen and oxygen atoms in total. The summed E-state index contributed by atoms with van der Waals surface area (Å²) in [5, 5.41) is 1.39. The molecule has 0 N–H and O–H groups in total. The number of rotatable bonds is 4. The molecule has 1 amide bonds. The fourth-order valence-electron chi connectivity index (χ4n) is 3.07. The number of benzene rings is 1. The van der Waals surface area contributed by atoms with Crippen molar-refractivity contribution < 1.29 is 22.4 Å². The number of amides is 1. The maximum absolute atomic E-state index is 13.2. The number of hydrogen-bond donors (Lipinski definition) is 0. The topological polar surface area (TPSA) is 66.9 Å². The molecule has 0 aromatic heterocycles. The summed E-state index contributed by atoms with van der Waals surface area (Å²) in [6.07, 6.45) is 2.43. The lowest BCUT2D eigenvalue weighted by molar-refractivity contribution is -0.225. The van der Waals surface area contributed by atoms with Crippen molar-refractivity contribution in [2.75, 3.05) is 19.6 Å². The van der Waals surface area contributed by atoms with Crippen molar-refractivity contribution in [2.45, 2.75) is 29.8 Å². The Labute approximate surface area is 133 Å². The Hall–Kier alpha value is -1.51. The molecule has 8 heteroatoms. The van der Waals surface area contributed by atoms with Crippen molar-refractivity contribution in [1.29, 1.82) is 0 Å².